The number of carbonyl (C=O) groups is 1. The number of amides is 1. The van der Waals surface area contributed by atoms with Gasteiger partial charge in [0.15, 0.2) is 5.76 Å². The van der Waals surface area contributed by atoms with Crippen molar-refractivity contribution in [2.24, 2.45) is 0 Å². The van der Waals surface area contributed by atoms with Gasteiger partial charge in [-0.2, -0.15) is 0 Å². The summed E-state index contributed by atoms with van der Waals surface area (Å²) in [7, 11) is 1.68. The van der Waals surface area contributed by atoms with E-state index in [1.54, 1.807) is 13.2 Å². The molecule has 0 atom stereocenters. The standard InChI is InChI=1S/C31H32ClN3O3/c1-37-28-12-5-9-25(19-28)22-33(21-24-7-3-2-4-8-24)23-29-13-14-30(38-29)31(36)35-17-15-34(16-18-35)27-11-6-10-26(32)20-27/h2-14,19-20H,15-18,21-23H2,1H3. The van der Waals surface area contributed by atoms with E-state index in [0.717, 1.165) is 54.0 Å². The third kappa shape index (κ3) is 6.57. The molecule has 5 rings (SSSR count). The topological polar surface area (TPSA) is 49.2 Å². The van der Waals surface area contributed by atoms with Gasteiger partial charge in [-0.1, -0.05) is 60.1 Å². The molecule has 4 aromatic rings. The maximum Gasteiger partial charge on any atom is 0.289 e. The fraction of sp³-hybridized carbons (Fsp3) is 0.258. The number of hydrogen-bond donors (Lipinski definition) is 0. The largest absolute Gasteiger partial charge is 0.497 e. The monoisotopic (exact) mass is 529 g/mol. The molecule has 0 unspecified atom stereocenters. The Morgan fingerprint density at radius 3 is 2.34 bits per heavy atom. The van der Waals surface area contributed by atoms with Crippen LogP contribution in [0, 0.1) is 0 Å². The Labute approximate surface area is 229 Å². The van der Waals surface area contributed by atoms with Crippen LogP contribution in [0.5, 0.6) is 5.75 Å². The highest BCUT2D eigenvalue weighted by Gasteiger charge is 2.25. The molecule has 1 saturated heterocycles. The third-order valence-corrected chi connectivity index (χ3v) is 7.02. The maximum absolute atomic E-state index is 13.2. The average Bonchev–Trinajstić information content (AvgIpc) is 3.42. The van der Waals surface area contributed by atoms with Crippen LogP contribution in [0.2, 0.25) is 5.02 Å². The minimum absolute atomic E-state index is 0.0654. The van der Waals surface area contributed by atoms with Gasteiger partial charge in [0.05, 0.1) is 13.7 Å². The Morgan fingerprint density at radius 1 is 0.842 bits per heavy atom. The van der Waals surface area contributed by atoms with Crippen molar-refractivity contribution in [2.45, 2.75) is 19.6 Å². The van der Waals surface area contributed by atoms with E-state index in [1.165, 1.54) is 5.56 Å². The van der Waals surface area contributed by atoms with Gasteiger partial charge < -0.3 is 19.0 Å². The zero-order chi connectivity index (χ0) is 26.3. The van der Waals surface area contributed by atoms with Gasteiger partial charge in [-0.05, 0) is 53.6 Å². The second kappa shape index (κ2) is 12.2. The summed E-state index contributed by atoms with van der Waals surface area (Å²) in [6.07, 6.45) is 0. The first-order chi connectivity index (χ1) is 18.6. The Balaban J connectivity index is 1.24. The Hall–Kier alpha value is -3.74. The van der Waals surface area contributed by atoms with Crippen LogP contribution in [0.3, 0.4) is 0 Å². The fourth-order valence-electron chi connectivity index (χ4n) is 4.83. The SMILES string of the molecule is COc1cccc(CN(Cc2ccccc2)Cc2ccc(C(=O)N3CCN(c4cccc(Cl)c4)CC3)o2)c1. The summed E-state index contributed by atoms with van der Waals surface area (Å²) >= 11 is 6.15. The highest BCUT2D eigenvalue weighted by Crippen LogP contribution is 2.23. The number of hydrogen-bond acceptors (Lipinski definition) is 5. The van der Waals surface area contributed by atoms with E-state index in [0.29, 0.717) is 25.4 Å². The number of benzene rings is 3. The molecule has 7 heteroatoms. The third-order valence-electron chi connectivity index (χ3n) is 6.78. The smallest absolute Gasteiger partial charge is 0.289 e. The molecule has 0 spiro atoms. The number of halogens is 1. The lowest BCUT2D eigenvalue weighted by Crippen LogP contribution is -2.48. The molecule has 2 heterocycles. The molecule has 1 aromatic heterocycles. The lowest BCUT2D eigenvalue weighted by molar-refractivity contribution is 0.0710. The zero-order valence-electron chi connectivity index (χ0n) is 21.6. The van der Waals surface area contributed by atoms with E-state index < -0.39 is 0 Å². The zero-order valence-corrected chi connectivity index (χ0v) is 22.3. The van der Waals surface area contributed by atoms with Crippen molar-refractivity contribution >= 4 is 23.2 Å². The van der Waals surface area contributed by atoms with E-state index in [4.69, 9.17) is 20.8 Å². The predicted octanol–water partition coefficient (Wildman–Crippen LogP) is 6.11. The van der Waals surface area contributed by atoms with Gasteiger partial charge in [0, 0.05) is 50.0 Å². The van der Waals surface area contributed by atoms with E-state index >= 15 is 0 Å². The quantitative estimate of drug-likeness (QED) is 0.262. The molecular weight excluding hydrogens is 498 g/mol. The molecule has 0 saturated carbocycles. The van der Waals surface area contributed by atoms with E-state index in [2.05, 4.69) is 52.3 Å². The van der Waals surface area contributed by atoms with Crippen LogP contribution in [-0.4, -0.2) is 49.0 Å². The Kier molecular flexibility index (Phi) is 8.31. The van der Waals surface area contributed by atoms with Gasteiger partial charge in [-0.15, -0.1) is 0 Å². The maximum atomic E-state index is 13.2. The summed E-state index contributed by atoms with van der Waals surface area (Å²) in [5.41, 5.74) is 3.45. The molecule has 3 aromatic carbocycles. The summed E-state index contributed by atoms with van der Waals surface area (Å²) in [5.74, 6) is 1.93. The number of ether oxygens (including phenoxy) is 1. The number of furan rings is 1. The van der Waals surface area contributed by atoms with E-state index in [9.17, 15) is 4.79 Å². The van der Waals surface area contributed by atoms with Crippen molar-refractivity contribution in [3.63, 3.8) is 0 Å². The van der Waals surface area contributed by atoms with Crippen molar-refractivity contribution in [1.82, 2.24) is 9.80 Å². The van der Waals surface area contributed by atoms with Crippen molar-refractivity contribution < 1.29 is 13.9 Å². The van der Waals surface area contributed by atoms with Crippen LogP contribution < -0.4 is 9.64 Å². The van der Waals surface area contributed by atoms with Gasteiger partial charge in [0.25, 0.3) is 5.91 Å². The van der Waals surface area contributed by atoms with Crippen LogP contribution in [0.15, 0.2) is 95.4 Å². The normalized spacial score (nSPS) is 13.7. The lowest BCUT2D eigenvalue weighted by atomic mass is 10.1. The molecule has 0 N–H and O–H groups in total. The molecule has 6 nitrogen and oxygen atoms in total. The van der Waals surface area contributed by atoms with Crippen molar-refractivity contribution in [2.75, 3.05) is 38.2 Å². The van der Waals surface area contributed by atoms with Gasteiger partial charge in [-0.3, -0.25) is 9.69 Å². The highest BCUT2D eigenvalue weighted by molar-refractivity contribution is 6.30. The Bertz CT molecular complexity index is 1350. The number of nitrogens with zero attached hydrogens (tertiary/aromatic N) is 3. The second-order valence-electron chi connectivity index (χ2n) is 9.51. The highest BCUT2D eigenvalue weighted by atomic mass is 35.5. The minimum atomic E-state index is -0.0654. The lowest BCUT2D eigenvalue weighted by Gasteiger charge is -2.35. The first-order valence-corrected chi connectivity index (χ1v) is 13.2. The summed E-state index contributed by atoms with van der Waals surface area (Å²) in [4.78, 5) is 19.6. The van der Waals surface area contributed by atoms with Crippen molar-refractivity contribution in [3.05, 3.63) is 119 Å². The van der Waals surface area contributed by atoms with Gasteiger partial charge in [0.1, 0.15) is 11.5 Å². The molecule has 0 aliphatic carbocycles. The number of anilines is 1. The minimum Gasteiger partial charge on any atom is -0.497 e. The van der Waals surface area contributed by atoms with E-state index in [-0.39, 0.29) is 5.91 Å². The summed E-state index contributed by atoms with van der Waals surface area (Å²) in [5, 5.41) is 0.719. The predicted molar refractivity (Wildman–Crippen MR) is 151 cm³/mol. The number of methoxy groups -OCH3 is 1. The van der Waals surface area contributed by atoms with Crippen LogP contribution in [0.4, 0.5) is 5.69 Å². The van der Waals surface area contributed by atoms with Crippen LogP contribution in [-0.2, 0) is 19.6 Å². The molecule has 1 aliphatic rings. The molecule has 1 aliphatic heterocycles. The van der Waals surface area contributed by atoms with Gasteiger partial charge in [-0.25, -0.2) is 0 Å². The summed E-state index contributed by atoms with van der Waals surface area (Å²) in [6, 6.07) is 30.0. The van der Waals surface area contributed by atoms with Gasteiger partial charge >= 0.3 is 0 Å². The summed E-state index contributed by atoms with van der Waals surface area (Å²) < 4.78 is 11.5. The molecule has 196 valence electrons. The molecule has 1 fully saturated rings. The Morgan fingerprint density at radius 2 is 1.58 bits per heavy atom. The van der Waals surface area contributed by atoms with Crippen LogP contribution in [0.1, 0.15) is 27.4 Å². The first-order valence-electron chi connectivity index (χ1n) is 12.8. The molecule has 1 amide bonds. The van der Waals surface area contributed by atoms with Crippen LogP contribution >= 0.6 is 11.6 Å². The van der Waals surface area contributed by atoms with E-state index in [1.807, 2.05) is 47.4 Å². The van der Waals surface area contributed by atoms with Crippen molar-refractivity contribution in [1.29, 1.82) is 0 Å². The molecule has 0 radical (unpaired) electrons. The number of piperazine rings is 1. The number of rotatable bonds is 9. The first kappa shape index (κ1) is 25.9. The second-order valence-corrected chi connectivity index (χ2v) is 9.94. The molecule has 38 heavy (non-hydrogen) atoms. The van der Waals surface area contributed by atoms with Crippen LogP contribution in [0.25, 0.3) is 0 Å². The average molecular weight is 530 g/mol. The summed E-state index contributed by atoms with van der Waals surface area (Å²) in [6.45, 7) is 4.85. The van der Waals surface area contributed by atoms with Gasteiger partial charge in [0.2, 0.25) is 0 Å². The fourth-order valence-corrected chi connectivity index (χ4v) is 5.02. The molecule has 0 bridgehead atoms. The van der Waals surface area contributed by atoms with Crippen molar-refractivity contribution in [3.8, 4) is 5.75 Å². The number of carbonyl (C=O) groups excluding carboxylic acids is 1. The molecular formula is C31H32ClN3O3.